The number of carbonyl (C=O) groups is 1. The van der Waals surface area contributed by atoms with Crippen LogP contribution in [-0.4, -0.2) is 24.1 Å². The van der Waals surface area contributed by atoms with E-state index in [9.17, 15) is 9.90 Å². The molecule has 0 saturated heterocycles. The number of phenolic OH excluding ortho intramolecular Hbond substituents is 1. The third-order valence-corrected chi connectivity index (χ3v) is 6.48. The van der Waals surface area contributed by atoms with Gasteiger partial charge in [0.1, 0.15) is 30.5 Å². The number of halogens is 1. The van der Waals surface area contributed by atoms with Crippen molar-refractivity contribution in [2.75, 3.05) is 6.61 Å². The van der Waals surface area contributed by atoms with Crippen molar-refractivity contribution in [1.29, 1.82) is 0 Å². The van der Waals surface area contributed by atoms with Gasteiger partial charge in [0.25, 0.3) is 0 Å². The van der Waals surface area contributed by atoms with Crippen LogP contribution < -0.4 is 14.8 Å². The molecule has 0 fully saturated rings. The topological polar surface area (TPSA) is 89.4 Å². The number of hydrogen-bond donors (Lipinski definition) is 2. The maximum absolute atomic E-state index is 11.3. The number of aromatic hydroxyl groups is 1. The molecule has 0 saturated carbocycles. The number of carbonyl (C=O) groups excluding carboxylic acids is 1. The number of phenols is 1. The summed E-state index contributed by atoms with van der Waals surface area (Å²) >= 11 is 0. The summed E-state index contributed by atoms with van der Waals surface area (Å²) in [5.74, 6) is 1.78. The SMILES string of the molecule is CCOC(=O)NC=Nc1ccc(OCc2cccc(COc3ccc(C(C)(C)c4ccc(O)cc4)cc3)c2)cc1.Cl. The Morgan fingerprint density at radius 1 is 0.829 bits per heavy atom. The monoisotopic (exact) mass is 574 g/mol. The molecule has 0 bridgehead atoms. The molecule has 0 radical (unpaired) electrons. The minimum atomic E-state index is -0.539. The highest BCUT2D eigenvalue weighted by molar-refractivity contribution is 5.85. The number of alkyl carbamates (subject to hydrolysis) is 1. The predicted molar refractivity (Wildman–Crippen MR) is 164 cm³/mol. The van der Waals surface area contributed by atoms with E-state index < -0.39 is 6.09 Å². The van der Waals surface area contributed by atoms with Crippen LogP contribution in [0.2, 0.25) is 0 Å². The summed E-state index contributed by atoms with van der Waals surface area (Å²) in [7, 11) is 0. The molecule has 4 aromatic rings. The molecule has 0 unspecified atom stereocenters. The van der Waals surface area contributed by atoms with E-state index in [-0.39, 0.29) is 23.6 Å². The number of hydrogen-bond acceptors (Lipinski definition) is 6. The Hall–Kier alpha value is -4.49. The van der Waals surface area contributed by atoms with Crippen LogP contribution in [0.15, 0.2) is 102 Å². The molecule has 0 spiro atoms. The number of nitrogens with one attached hydrogen (secondary N) is 1. The summed E-state index contributed by atoms with van der Waals surface area (Å²) in [6, 6.07) is 30.9. The number of nitrogens with zero attached hydrogens (tertiary/aromatic N) is 1. The van der Waals surface area contributed by atoms with Gasteiger partial charge in [-0.15, -0.1) is 12.4 Å². The third-order valence-electron chi connectivity index (χ3n) is 6.48. The molecule has 0 aliphatic rings. The van der Waals surface area contributed by atoms with E-state index >= 15 is 0 Å². The second-order valence-electron chi connectivity index (χ2n) is 9.71. The first-order chi connectivity index (χ1) is 19.3. The van der Waals surface area contributed by atoms with Gasteiger partial charge in [-0.3, -0.25) is 5.32 Å². The number of aliphatic imine (C=N–C) groups is 1. The molecular formula is C33H35ClN2O5. The summed E-state index contributed by atoms with van der Waals surface area (Å²) in [6.07, 6.45) is 0.761. The van der Waals surface area contributed by atoms with Gasteiger partial charge in [0.2, 0.25) is 0 Å². The van der Waals surface area contributed by atoms with E-state index in [0.29, 0.717) is 31.3 Å². The van der Waals surface area contributed by atoms with E-state index in [4.69, 9.17) is 14.2 Å². The maximum Gasteiger partial charge on any atom is 0.412 e. The van der Waals surface area contributed by atoms with Gasteiger partial charge in [0.15, 0.2) is 0 Å². The Labute approximate surface area is 247 Å². The molecule has 0 heterocycles. The van der Waals surface area contributed by atoms with E-state index in [1.165, 1.54) is 6.34 Å². The van der Waals surface area contributed by atoms with Crippen molar-refractivity contribution in [2.24, 2.45) is 4.99 Å². The molecule has 4 aromatic carbocycles. The summed E-state index contributed by atoms with van der Waals surface area (Å²) < 4.78 is 16.8. The van der Waals surface area contributed by atoms with Crippen molar-refractivity contribution in [3.05, 3.63) is 119 Å². The number of ether oxygens (including phenoxy) is 3. The van der Waals surface area contributed by atoms with E-state index in [2.05, 4.69) is 42.4 Å². The Bertz CT molecular complexity index is 1420. The van der Waals surface area contributed by atoms with Crippen molar-refractivity contribution < 1.29 is 24.1 Å². The van der Waals surface area contributed by atoms with Crippen LogP contribution in [-0.2, 0) is 23.4 Å². The molecule has 0 aromatic heterocycles. The first-order valence-corrected chi connectivity index (χ1v) is 13.1. The third kappa shape index (κ3) is 9.01. The maximum atomic E-state index is 11.3. The van der Waals surface area contributed by atoms with Crippen LogP contribution in [0.25, 0.3) is 0 Å². The van der Waals surface area contributed by atoms with Crippen LogP contribution in [0, 0.1) is 0 Å². The molecule has 0 aliphatic heterocycles. The van der Waals surface area contributed by atoms with Crippen LogP contribution in [0.4, 0.5) is 10.5 Å². The van der Waals surface area contributed by atoms with Crippen molar-refractivity contribution in [1.82, 2.24) is 5.32 Å². The lowest BCUT2D eigenvalue weighted by molar-refractivity contribution is 0.158. The molecule has 0 aliphatic carbocycles. The molecule has 8 heteroatoms. The standard InChI is InChI=1S/C33H34N2O5.ClH/c1-4-38-32(37)35-23-34-28-12-18-31(19-13-28)40-22-25-7-5-6-24(20-25)21-39-30-16-10-27(11-17-30)33(2,3)26-8-14-29(36)15-9-26;/h5-20,23,36H,4,21-22H2,1-3H3,(H,34,35,37);1H. The highest BCUT2D eigenvalue weighted by Crippen LogP contribution is 2.33. The van der Waals surface area contributed by atoms with E-state index in [1.54, 1.807) is 31.2 Å². The molecule has 7 nitrogen and oxygen atoms in total. The van der Waals surface area contributed by atoms with Gasteiger partial charge < -0.3 is 19.3 Å². The van der Waals surface area contributed by atoms with Crippen molar-refractivity contribution >= 4 is 30.5 Å². The van der Waals surface area contributed by atoms with Gasteiger partial charge in [-0.25, -0.2) is 9.79 Å². The molecule has 0 atom stereocenters. The smallest absolute Gasteiger partial charge is 0.412 e. The summed E-state index contributed by atoms with van der Waals surface area (Å²) in [5.41, 5.74) is 4.86. The second kappa shape index (κ2) is 14.8. The Kier molecular flexibility index (Phi) is 11.2. The second-order valence-corrected chi connectivity index (χ2v) is 9.71. The fraction of sp³-hybridized carbons (Fsp3) is 0.212. The molecule has 214 valence electrons. The van der Waals surface area contributed by atoms with E-state index in [0.717, 1.165) is 28.0 Å². The van der Waals surface area contributed by atoms with Crippen molar-refractivity contribution in [2.45, 2.75) is 39.4 Å². The predicted octanol–water partition coefficient (Wildman–Crippen LogP) is 7.70. The normalized spacial score (nSPS) is 11.0. The van der Waals surface area contributed by atoms with Gasteiger partial charge in [-0.05, 0) is 83.8 Å². The zero-order valence-corrected chi connectivity index (χ0v) is 24.2. The summed E-state index contributed by atoms with van der Waals surface area (Å²) in [5, 5.41) is 12.0. The lowest BCUT2D eigenvalue weighted by Gasteiger charge is -2.26. The minimum Gasteiger partial charge on any atom is -0.508 e. The fourth-order valence-electron chi connectivity index (χ4n) is 4.12. The van der Waals surface area contributed by atoms with E-state index in [1.807, 2.05) is 54.6 Å². The molecule has 4 rings (SSSR count). The van der Waals surface area contributed by atoms with Crippen LogP contribution in [0.3, 0.4) is 0 Å². The van der Waals surface area contributed by atoms with Gasteiger partial charge in [-0.1, -0.05) is 56.3 Å². The molecule has 41 heavy (non-hydrogen) atoms. The first-order valence-electron chi connectivity index (χ1n) is 13.1. The molecular weight excluding hydrogens is 540 g/mol. The largest absolute Gasteiger partial charge is 0.508 e. The van der Waals surface area contributed by atoms with Crippen LogP contribution >= 0.6 is 12.4 Å². The zero-order chi connectivity index (χ0) is 28.4. The number of benzene rings is 4. The average molecular weight is 575 g/mol. The Morgan fingerprint density at radius 2 is 1.34 bits per heavy atom. The lowest BCUT2D eigenvalue weighted by Crippen LogP contribution is -2.22. The van der Waals surface area contributed by atoms with Crippen molar-refractivity contribution in [3.63, 3.8) is 0 Å². The quantitative estimate of drug-likeness (QED) is 0.141. The highest BCUT2D eigenvalue weighted by atomic mass is 35.5. The van der Waals surface area contributed by atoms with Crippen molar-refractivity contribution in [3.8, 4) is 17.2 Å². The van der Waals surface area contributed by atoms with Gasteiger partial charge >= 0.3 is 6.09 Å². The van der Waals surface area contributed by atoms with Gasteiger partial charge in [-0.2, -0.15) is 0 Å². The first kappa shape index (κ1) is 31.0. The average Bonchev–Trinajstić information content (AvgIpc) is 2.96. The minimum absolute atomic E-state index is 0. The van der Waals surface area contributed by atoms with Gasteiger partial charge in [0.05, 0.1) is 18.6 Å². The molecule has 1 amide bonds. The van der Waals surface area contributed by atoms with Crippen LogP contribution in [0.5, 0.6) is 17.2 Å². The highest BCUT2D eigenvalue weighted by Gasteiger charge is 2.23. The summed E-state index contributed by atoms with van der Waals surface area (Å²) in [4.78, 5) is 15.4. The Balaban J connectivity index is 0.00000462. The molecule has 2 N–H and O–H groups in total. The fourth-order valence-corrected chi connectivity index (χ4v) is 4.12. The summed E-state index contributed by atoms with van der Waals surface area (Å²) in [6.45, 7) is 7.23. The van der Waals surface area contributed by atoms with Crippen LogP contribution in [0.1, 0.15) is 43.0 Å². The Morgan fingerprint density at radius 3 is 1.88 bits per heavy atom. The zero-order valence-electron chi connectivity index (χ0n) is 23.4. The number of amides is 1. The lowest BCUT2D eigenvalue weighted by atomic mass is 9.78. The van der Waals surface area contributed by atoms with Gasteiger partial charge in [0, 0.05) is 5.41 Å². The number of rotatable bonds is 11.